The lowest BCUT2D eigenvalue weighted by atomic mass is 10.1. The fourth-order valence-corrected chi connectivity index (χ4v) is 2.14. The molecule has 2 rings (SSSR count). The first-order chi connectivity index (χ1) is 7.99. The van der Waals surface area contributed by atoms with Gasteiger partial charge < -0.3 is 0 Å². The van der Waals surface area contributed by atoms with Gasteiger partial charge in [0.05, 0.1) is 5.39 Å². The first-order valence-electron chi connectivity index (χ1n) is 5.53. The number of aryl methyl sites for hydroxylation is 3. The molecule has 2 aromatic heterocycles. The lowest BCUT2D eigenvalue weighted by Crippen LogP contribution is -2.37. The van der Waals surface area contributed by atoms with Crippen LogP contribution < -0.4 is 11.2 Å². The highest BCUT2D eigenvalue weighted by atomic mass is 16.2. The molecule has 0 radical (unpaired) electrons. The van der Waals surface area contributed by atoms with Crippen LogP contribution in [0.5, 0.6) is 0 Å². The van der Waals surface area contributed by atoms with Gasteiger partial charge in [-0.3, -0.25) is 13.9 Å². The van der Waals surface area contributed by atoms with E-state index in [0.717, 1.165) is 22.1 Å². The van der Waals surface area contributed by atoms with Gasteiger partial charge in [-0.15, -0.1) is 0 Å². The molecule has 2 heterocycles. The van der Waals surface area contributed by atoms with Crippen molar-refractivity contribution in [2.75, 3.05) is 0 Å². The maximum Gasteiger partial charge on any atom is 0.332 e. The van der Waals surface area contributed by atoms with Gasteiger partial charge in [-0.2, -0.15) is 0 Å². The largest absolute Gasteiger partial charge is 0.332 e. The molecule has 17 heavy (non-hydrogen) atoms. The van der Waals surface area contributed by atoms with Crippen LogP contribution in [0.3, 0.4) is 0 Å². The smallest absolute Gasteiger partial charge is 0.280 e. The minimum absolute atomic E-state index is 0.267. The van der Waals surface area contributed by atoms with Crippen molar-refractivity contribution in [1.29, 1.82) is 0 Å². The Balaban J connectivity index is 3.18. The number of pyridine rings is 1. The lowest BCUT2D eigenvalue weighted by molar-refractivity contribution is 0.706. The van der Waals surface area contributed by atoms with Crippen LogP contribution in [0.2, 0.25) is 0 Å². The number of hydrogen-bond acceptors (Lipinski definition) is 3. The molecular weight excluding hydrogens is 218 g/mol. The molecule has 0 spiro atoms. The van der Waals surface area contributed by atoms with Gasteiger partial charge in [-0.05, 0) is 24.5 Å². The minimum atomic E-state index is -0.346. The van der Waals surface area contributed by atoms with E-state index in [9.17, 15) is 9.59 Å². The van der Waals surface area contributed by atoms with Gasteiger partial charge in [0.15, 0.2) is 0 Å². The zero-order valence-electron chi connectivity index (χ0n) is 10.4. The number of rotatable bonds is 1. The summed E-state index contributed by atoms with van der Waals surface area (Å²) in [5.74, 6) is 0. The monoisotopic (exact) mass is 233 g/mol. The summed E-state index contributed by atoms with van der Waals surface area (Å²) in [6, 6.07) is 0. The predicted octanol–water partition coefficient (Wildman–Crippen LogP) is 0.503. The summed E-state index contributed by atoms with van der Waals surface area (Å²) in [6.45, 7) is 3.92. The van der Waals surface area contributed by atoms with Crippen LogP contribution >= 0.6 is 0 Å². The minimum Gasteiger partial charge on any atom is -0.280 e. The van der Waals surface area contributed by atoms with Crippen molar-refractivity contribution in [3.8, 4) is 0 Å². The molecular formula is C12H15N3O2. The molecule has 0 N–H and O–H groups in total. The summed E-state index contributed by atoms with van der Waals surface area (Å²) in [7, 11) is 3.12. The molecule has 0 saturated carbocycles. The van der Waals surface area contributed by atoms with E-state index in [1.807, 2.05) is 13.8 Å². The molecule has 0 aliphatic heterocycles. The molecule has 0 saturated heterocycles. The second-order valence-electron chi connectivity index (χ2n) is 4.18. The van der Waals surface area contributed by atoms with Crippen molar-refractivity contribution in [1.82, 2.24) is 14.1 Å². The average Bonchev–Trinajstić information content (AvgIpc) is 2.33. The van der Waals surface area contributed by atoms with Gasteiger partial charge in [0, 0.05) is 20.3 Å². The second kappa shape index (κ2) is 3.84. The molecule has 0 aliphatic rings. The number of nitrogens with zero attached hydrogens (tertiary/aromatic N) is 3. The highest BCUT2D eigenvalue weighted by molar-refractivity contribution is 5.79. The summed E-state index contributed by atoms with van der Waals surface area (Å²) >= 11 is 0. The van der Waals surface area contributed by atoms with Gasteiger partial charge in [-0.1, -0.05) is 6.92 Å². The zero-order valence-corrected chi connectivity index (χ0v) is 10.4. The van der Waals surface area contributed by atoms with Crippen molar-refractivity contribution in [2.24, 2.45) is 14.1 Å². The topological polar surface area (TPSA) is 56.9 Å². The van der Waals surface area contributed by atoms with E-state index < -0.39 is 0 Å². The standard InChI is InChI=1S/C12H15N3O2/c1-5-8-7(2)6-13-10-9(8)11(16)15(4)12(17)14(10)3/h6H,5H2,1-4H3. The highest BCUT2D eigenvalue weighted by Gasteiger charge is 2.13. The molecule has 0 atom stereocenters. The molecule has 2 aromatic rings. The first kappa shape index (κ1) is 11.6. The van der Waals surface area contributed by atoms with Crippen LogP contribution in [0, 0.1) is 6.92 Å². The van der Waals surface area contributed by atoms with Gasteiger partial charge in [0.1, 0.15) is 5.65 Å². The van der Waals surface area contributed by atoms with Crippen LogP contribution in [0.15, 0.2) is 15.8 Å². The van der Waals surface area contributed by atoms with Crippen LogP contribution in [0.1, 0.15) is 18.1 Å². The van der Waals surface area contributed by atoms with Crippen LogP contribution in [0.25, 0.3) is 11.0 Å². The molecule has 0 bridgehead atoms. The Hall–Kier alpha value is -1.91. The molecule has 0 amide bonds. The van der Waals surface area contributed by atoms with Gasteiger partial charge in [0.2, 0.25) is 0 Å². The summed E-state index contributed by atoms with van der Waals surface area (Å²) in [4.78, 5) is 28.1. The van der Waals surface area contributed by atoms with Gasteiger partial charge in [0.25, 0.3) is 5.56 Å². The fourth-order valence-electron chi connectivity index (χ4n) is 2.14. The Bertz CT molecular complexity index is 710. The van der Waals surface area contributed by atoms with Crippen molar-refractivity contribution in [3.63, 3.8) is 0 Å². The highest BCUT2D eigenvalue weighted by Crippen LogP contribution is 2.15. The molecule has 90 valence electrons. The Kier molecular flexibility index (Phi) is 2.61. The van der Waals surface area contributed by atoms with Gasteiger partial charge in [-0.25, -0.2) is 9.78 Å². The third-order valence-electron chi connectivity index (χ3n) is 3.15. The van der Waals surface area contributed by atoms with E-state index in [-0.39, 0.29) is 11.2 Å². The fraction of sp³-hybridized carbons (Fsp3) is 0.417. The van der Waals surface area contributed by atoms with Crippen molar-refractivity contribution in [2.45, 2.75) is 20.3 Å². The number of hydrogen-bond donors (Lipinski definition) is 0. The normalized spacial score (nSPS) is 11.1. The maximum atomic E-state index is 12.1. The van der Waals surface area contributed by atoms with Crippen molar-refractivity contribution >= 4 is 11.0 Å². The lowest BCUT2D eigenvalue weighted by Gasteiger charge is -2.11. The van der Waals surface area contributed by atoms with Gasteiger partial charge >= 0.3 is 5.69 Å². The average molecular weight is 233 g/mol. The molecule has 5 nitrogen and oxygen atoms in total. The quantitative estimate of drug-likeness (QED) is 0.721. The van der Waals surface area contributed by atoms with E-state index in [1.165, 1.54) is 11.6 Å². The summed E-state index contributed by atoms with van der Waals surface area (Å²) in [6.07, 6.45) is 2.46. The number of aromatic nitrogens is 3. The molecule has 0 aromatic carbocycles. The molecule has 0 fully saturated rings. The first-order valence-corrected chi connectivity index (χ1v) is 5.53. The van der Waals surface area contributed by atoms with Crippen molar-refractivity contribution < 1.29 is 0 Å². The van der Waals surface area contributed by atoms with E-state index in [2.05, 4.69) is 4.98 Å². The van der Waals surface area contributed by atoms with Crippen LogP contribution in [0.4, 0.5) is 0 Å². The Morgan fingerprint density at radius 1 is 1.24 bits per heavy atom. The third-order valence-corrected chi connectivity index (χ3v) is 3.15. The maximum absolute atomic E-state index is 12.1. The zero-order chi connectivity index (χ0) is 12.7. The molecule has 0 unspecified atom stereocenters. The summed E-state index contributed by atoms with van der Waals surface area (Å²) in [5, 5.41) is 0.553. The second-order valence-corrected chi connectivity index (χ2v) is 4.18. The summed E-state index contributed by atoms with van der Waals surface area (Å²) in [5.41, 5.74) is 1.79. The third kappa shape index (κ3) is 1.50. The van der Waals surface area contributed by atoms with Crippen LogP contribution in [-0.4, -0.2) is 14.1 Å². The predicted molar refractivity (Wildman–Crippen MR) is 66.3 cm³/mol. The Morgan fingerprint density at radius 3 is 2.47 bits per heavy atom. The molecule has 0 aliphatic carbocycles. The number of fused-ring (bicyclic) bond motifs is 1. The Labute approximate surface area is 98.3 Å². The van der Waals surface area contributed by atoms with E-state index in [1.54, 1.807) is 13.2 Å². The van der Waals surface area contributed by atoms with Crippen LogP contribution in [-0.2, 0) is 20.5 Å². The van der Waals surface area contributed by atoms with E-state index >= 15 is 0 Å². The Morgan fingerprint density at radius 2 is 1.88 bits per heavy atom. The van der Waals surface area contributed by atoms with Crippen molar-refractivity contribution in [3.05, 3.63) is 38.2 Å². The summed E-state index contributed by atoms with van der Waals surface area (Å²) < 4.78 is 2.54. The van der Waals surface area contributed by atoms with E-state index in [0.29, 0.717) is 11.0 Å². The SMILES string of the molecule is CCc1c(C)cnc2c1c(=O)n(C)c(=O)n2C. The van der Waals surface area contributed by atoms with E-state index in [4.69, 9.17) is 0 Å². The molecule has 5 heteroatoms.